The van der Waals surface area contributed by atoms with E-state index in [1.807, 2.05) is 0 Å². The summed E-state index contributed by atoms with van der Waals surface area (Å²) in [5.41, 5.74) is 8.15. The van der Waals surface area contributed by atoms with Crippen molar-refractivity contribution in [2.75, 3.05) is 6.26 Å². The summed E-state index contributed by atoms with van der Waals surface area (Å²) in [5, 5.41) is 10.4. The third-order valence-electron chi connectivity index (χ3n) is 2.56. The molecule has 0 aromatic rings. The molecular weight excluding hydrogens is 286 g/mol. The topological polar surface area (TPSA) is 137 Å². The number of carbonyl (C=O) groups excluding carboxylic acids is 2. The van der Waals surface area contributed by atoms with E-state index in [9.17, 15) is 18.6 Å². The second-order valence-electron chi connectivity index (χ2n) is 4.04. The van der Waals surface area contributed by atoms with Gasteiger partial charge in [-0.25, -0.2) is 4.79 Å². The van der Waals surface area contributed by atoms with Gasteiger partial charge in [-0.05, 0) is 12.8 Å². The summed E-state index contributed by atoms with van der Waals surface area (Å²) in [6, 6.07) is -1.25. The average molecular weight is 303 g/mol. The molecule has 112 valence electrons. The van der Waals surface area contributed by atoms with Crippen molar-refractivity contribution < 1.29 is 28.5 Å². The van der Waals surface area contributed by atoms with E-state index in [-0.39, 0.29) is 12.8 Å². The van der Waals surface area contributed by atoms with Gasteiger partial charge in [-0.15, -0.1) is 0 Å². The second-order valence-corrected chi connectivity index (χ2v) is 5.61. The van der Waals surface area contributed by atoms with Crippen LogP contribution in [-0.4, -0.2) is 55.5 Å². The minimum absolute atomic E-state index is 0.140. The molecule has 0 rings (SSSR count). The van der Waals surface area contributed by atoms with Gasteiger partial charge < -0.3 is 16.0 Å². The van der Waals surface area contributed by atoms with E-state index < -0.39 is 39.8 Å². The minimum Gasteiger partial charge on any atom is -0.480 e. The van der Waals surface area contributed by atoms with Crippen molar-refractivity contribution in [3.63, 3.8) is 0 Å². The maximum atomic E-state index is 11.8. The molecule has 0 spiro atoms. The molecule has 2 N–H and O–H groups in total. The van der Waals surface area contributed by atoms with Crippen LogP contribution in [0.15, 0.2) is 0 Å². The summed E-state index contributed by atoms with van der Waals surface area (Å²) < 4.78 is 11.3. The number of nitrogens with one attached hydrogen (secondary N) is 1. The van der Waals surface area contributed by atoms with E-state index in [4.69, 9.17) is 10.6 Å². The summed E-state index contributed by atoms with van der Waals surface area (Å²) >= 11 is 0. The Balaban J connectivity index is 4.66. The first-order valence-corrected chi connectivity index (χ1v) is 7.51. The van der Waals surface area contributed by atoms with E-state index in [2.05, 4.69) is 10.1 Å². The highest BCUT2D eigenvalue weighted by molar-refractivity contribution is 7.85. The van der Waals surface area contributed by atoms with Gasteiger partial charge in [-0.3, -0.25) is 13.8 Å². The molecule has 0 heterocycles. The van der Waals surface area contributed by atoms with Crippen LogP contribution in [0.2, 0.25) is 0 Å². The summed E-state index contributed by atoms with van der Waals surface area (Å²) in [4.78, 5) is 36.4. The van der Waals surface area contributed by atoms with Crippen molar-refractivity contribution in [1.82, 2.24) is 5.32 Å². The van der Waals surface area contributed by atoms with Crippen LogP contribution in [0.5, 0.6) is 0 Å². The molecule has 0 radical (unpaired) electrons. The standard InChI is InChI=1S/C11H17N3O5S/c1-3-9(20(2)19)10(16)14-8(11(17)18)5-4-7(15)6-13-12/h6,8-9H,3-5H2,1-2H3,(H,14,16)(H,17,18)/t8-,9-,20?/m0/s1. The lowest BCUT2D eigenvalue weighted by atomic mass is 10.1. The summed E-state index contributed by atoms with van der Waals surface area (Å²) in [7, 11) is -1.41. The smallest absolute Gasteiger partial charge is 0.326 e. The van der Waals surface area contributed by atoms with Crippen LogP contribution in [-0.2, 0) is 25.2 Å². The third-order valence-corrected chi connectivity index (χ3v) is 3.91. The number of amides is 1. The van der Waals surface area contributed by atoms with Crippen molar-refractivity contribution in [2.24, 2.45) is 0 Å². The van der Waals surface area contributed by atoms with Crippen LogP contribution in [0, 0.1) is 0 Å². The first kappa shape index (κ1) is 18.1. The van der Waals surface area contributed by atoms with Gasteiger partial charge >= 0.3 is 12.2 Å². The molecule has 8 nitrogen and oxygen atoms in total. The maximum Gasteiger partial charge on any atom is 0.326 e. The minimum atomic E-state index is -1.41. The zero-order valence-electron chi connectivity index (χ0n) is 11.2. The largest absolute Gasteiger partial charge is 0.480 e. The van der Waals surface area contributed by atoms with E-state index in [1.165, 1.54) is 6.26 Å². The molecule has 20 heavy (non-hydrogen) atoms. The van der Waals surface area contributed by atoms with Crippen LogP contribution >= 0.6 is 0 Å². The van der Waals surface area contributed by atoms with Gasteiger partial charge in [-0.1, -0.05) is 6.92 Å². The van der Waals surface area contributed by atoms with Crippen LogP contribution in [0.3, 0.4) is 0 Å². The van der Waals surface area contributed by atoms with E-state index in [1.54, 1.807) is 6.92 Å². The predicted molar refractivity (Wildman–Crippen MR) is 71.6 cm³/mol. The van der Waals surface area contributed by atoms with Crippen LogP contribution in [0.4, 0.5) is 0 Å². The molecule has 0 aliphatic carbocycles. The number of carboxylic acid groups (broad SMARTS) is 1. The quantitative estimate of drug-likeness (QED) is 0.331. The molecule has 0 saturated heterocycles. The highest BCUT2D eigenvalue weighted by Crippen LogP contribution is 2.04. The maximum absolute atomic E-state index is 11.8. The predicted octanol–water partition coefficient (Wildman–Crippen LogP) is -0.637. The second kappa shape index (κ2) is 9.11. The Hall–Kier alpha value is -1.86. The lowest BCUT2D eigenvalue weighted by molar-refractivity contribution is -0.142. The van der Waals surface area contributed by atoms with Crippen molar-refractivity contribution in [3.05, 3.63) is 5.53 Å². The van der Waals surface area contributed by atoms with Gasteiger partial charge in [0.15, 0.2) is 0 Å². The first-order chi connectivity index (χ1) is 9.33. The van der Waals surface area contributed by atoms with E-state index >= 15 is 0 Å². The molecule has 0 aromatic carbocycles. The molecule has 0 bridgehead atoms. The zero-order valence-corrected chi connectivity index (χ0v) is 12.1. The van der Waals surface area contributed by atoms with E-state index in [0.717, 1.165) is 0 Å². The van der Waals surface area contributed by atoms with Gasteiger partial charge in [0.1, 0.15) is 11.3 Å². The number of aliphatic carboxylic acids is 1. The lowest BCUT2D eigenvalue weighted by Gasteiger charge is -2.17. The fourth-order valence-corrected chi connectivity index (χ4v) is 2.35. The van der Waals surface area contributed by atoms with Gasteiger partial charge in [0, 0.05) is 23.5 Å². The molecule has 0 aliphatic rings. The fraction of sp³-hybridized carbons (Fsp3) is 0.636. The number of hydrogen-bond donors (Lipinski definition) is 2. The number of nitrogens with zero attached hydrogens (tertiary/aromatic N) is 2. The monoisotopic (exact) mass is 303 g/mol. The molecule has 0 aromatic heterocycles. The Morgan fingerprint density at radius 3 is 2.45 bits per heavy atom. The Bertz CT molecular complexity index is 459. The average Bonchev–Trinajstić information content (AvgIpc) is 2.34. The van der Waals surface area contributed by atoms with Gasteiger partial charge in [0.25, 0.3) is 0 Å². The summed E-state index contributed by atoms with van der Waals surface area (Å²) in [6.07, 6.45) is 2.02. The molecule has 0 fully saturated rings. The zero-order chi connectivity index (χ0) is 15.7. The summed E-state index contributed by atoms with van der Waals surface area (Å²) in [5.74, 6) is -2.47. The van der Waals surface area contributed by atoms with Gasteiger partial charge in [-0.2, -0.15) is 4.79 Å². The highest BCUT2D eigenvalue weighted by atomic mass is 32.2. The number of carboxylic acids is 1. The van der Waals surface area contributed by atoms with Gasteiger partial charge in [0.05, 0.1) is 0 Å². The molecule has 9 heteroatoms. The lowest BCUT2D eigenvalue weighted by Crippen LogP contribution is -2.46. The highest BCUT2D eigenvalue weighted by Gasteiger charge is 2.26. The Morgan fingerprint density at radius 1 is 1.45 bits per heavy atom. The van der Waals surface area contributed by atoms with Crippen LogP contribution in [0.25, 0.3) is 5.53 Å². The fourth-order valence-electron chi connectivity index (χ4n) is 1.51. The first-order valence-electron chi connectivity index (χ1n) is 5.89. The van der Waals surface area contributed by atoms with Crippen LogP contribution in [0.1, 0.15) is 26.2 Å². The van der Waals surface area contributed by atoms with Crippen molar-refractivity contribution in [3.8, 4) is 0 Å². The number of carbonyl (C=O) groups is 3. The number of rotatable bonds is 9. The third kappa shape index (κ3) is 6.35. The molecule has 1 amide bonds. The molecule has 0 aliphatic heterocycles. The number of Topliss-reactive ketones (excluding diaryl/α,β-unsaturated/α-hetero) is 1. The van der Waals surface area contributed by atoms with Gasteiger partial charge in [0.2, 0.25) is 11.7 Å². The molecular formula is C11H17N3O5S. The number of ketones is 1. The summed E-state index contributed by atoms with van der Waals surface area (Å²) in [6.45, 7) is 1.67. The van der Waals surface area contributed by atoms with E-state index in [0.29, 0.717) is 12.6 Å². The van der Waals surface area contributed by atoms with Crippen LogP contribution < -0.4 is 5.32 Å². The number of hydrogen-bond acceptors (Lipinski definition) is 4. The van der Waals surface area contributed by atoms with Crippen molar-refractivity contribution >= 4 is 34.7 Å². The normalized spacial score (nSPS) is 14.5. The Morgan fingerprint density at radius 2 is 2.05 bits per heavy atom. The molecule has 0 saturated carbocycles. The van der Waals surface area contributed by atoms with Crippen molar-refractivity contribution in [1.29, 1.82) is 0 Å². The Labute approximate surface area is 118 Å². The molecule has 3 atom stereocenters. The molecule has 1 unspecified atom stereocenters. The van der Waals surface area contributed by atoms with Crippen molar-refractivity contribution in [2.45, 2.75) is 37.5 Å². The Kier molecular flexibility index (Phi) is 8.26. The SMILES string of the molecule is CC[C@@H](C(=O)N[C@@H](CCC(=O)C=[N+]=[N-])C(=O)O)S(C)=O.